The molecule has 0 aliphatic rings. The molecule has 2 heterocycles. The van der Waals surface area contributed by atoms with E-state index in [1.54, 1.807) is 30.1 Å². The zero-order chi connectivity index (χ0) is 25.9. The lowest BCUT2D eigenvalue weighted by Crippen LogP contribution is -2.39. The normalized spacial score (nSPS) is 12.8. The fourth-order valence-electron chi connectivity index (χ4n) is 4.21. The molecule has 2 aromatic heterocycles. The third-order valence-electron chi connectivity index (χ3n) is 6.07. The minimum Gasteiger partial charge on any atom is -0.497 e. The van der Waals surface area contributed by atoms with Gasteiger partial charge in [-0.1, -0.05) is 12.1 Å². The van der Waals surface area contributed by atoms with Crippen molar-refractivity contribution in [2.75, 3.05) is 7.11 Å². The third-order valence-corrected chi connectivity index (χ3v) is 7.07. The van der Waals surface area contributed by atoms with Crippen LogP contribution in [-0.4, -0.2) is 28.8 Å². The summed E-state index contributed by atoms with van der Waals surface area (Å²) in [5.41, 5.74) is 2.50. The van der Waals surface area contributed by atoms with E-state index in [4.69, 9.17) is 9.47 Å². The Morgan fingerprint density at radius 2 is 1.84 bits per heavy atom. The second-order valence-electron chi connectivity index (χ2n) is 8.74. The van der Waals surface area contributed by atoms with Crippen LogP contribution in [0.3, 0.4) is 0 Å². The molecule has 0 spiro atoms. The molecule has 0 saturated carbocycles. The van der Waals surface area contributed by atoms with Crippen molar-refractivity contribution in [3.8, 4) is 17.2 Å². The number of carbonyl (C=O) groups excluding carboxylic acids is 1. The van der Waals surface area contributed by atoms with Crippen molar-refractivity contribution in [1.29, 1.82) is 0 Å². The number of carbonyl (C=O) groups is 1. The number of nitrogens with zero attached hydrogens (tertiary/aromatic N) is 2. The molecule has 8 heteroatoms. The first kappa shape index (κ1) is 24.5. The van der Waals surface area contributed by atoms with Gasteiger partial charge in [-0.15, -0.1) is 11.3 Å². The number of halogens is 1. The predicted molar refractivity (Wildman–Crippen MR) is 143 cm³/mol. The minimum atomic E-state index is -0.482. The molecule has 0 fully saturated rings. The van der Waals surface area contributed by atoms with E-state index in [0.29, 0.717) is 16.4 Å². The lowest BCUT2D eigenvalue weighted by atomic mass is 10.0. The molecule has 5 aromatic rings. The van der Waals surface area contributed by atoms with E-state index in [-0.39, 0.29) is 17.8 Å². The van der Waals surface area contributed by atoms with Crippen LogP contribution in [0.1, 0.15) is 33.1 Å². The average molecular weight is 516 g/mol. The first-order chi connectivity index (χ1) is 17.9. The Kier molecular flexibility index (Phi) is 6.92. The highest BCUT2D eigenvalue weighted by Crippen LogP contribution is 2.30. The Morgan fingerprint density at radius 1 is 1.03 bits per heavy atom. The maximum absolute atomic E-state index is 13.4. The molecule has 5 rings (SSSR count). The van der Waals surface area contributed by atoms with Crippen LogP contribution in [0.5, 0.6) is 11.5 Å². The molecule has 2 atom stereocenters. The van der Waals surface area contributed by atoms with Crippen LogP contribution in [0.4, 0.5) is 4.39 Å². The maximum Gasteiger partial charge on any atom is 0.261 e. The fourth-order valence-corrected chi connectivity index (χ4v) is 4.98. The molecule has 0 aliphatic heterocycles. The number of thiophene rings is 1. The van der Waals surface area contributed by atoms with Crippen LogP contribution in [0, 0.1) is 12.7 Å². The predicted octanol–water partition coefficient (Wildman–Crippen LogP) is 6.48. The summed E-state index contributed by atoms with van der Waals surface area (Å²) in [4.78, 5) is 14.6. The number of methoxy groups -OCH3 is 1. The van der Waals surface area contributed by atoms with E-state index in [0.717, 1.165) is 27.0 Å². The molecule has 0 bridgehead atoms. The first-order valence-electron chi connectivity index (χ1n) is 11.8. The molecule has 0 saturated heterocycles. The molecule has 1 amide bonds. The van der Waals surface area contributed by atoms with Crippen molar-refractivity contribution >= 4 is 28.1 Å². The summed E-state index contributed by atoms with van der Waals surface area (Å²) in [5, 5.41) is 8.44. The Balaban J connectivity index is 1.44. The quantitative estimate of drug-likeness (QED) is 0.257. The van der Waals surface area contributed by atoms with Gasteiger partial charge in [0.25, 0.3) is 5.91 Å². The number of amides is 1. The van der Waals surface area contributed by atoms with Crippen molar-refractivity contribution in [1.82, 2.24) is 15.1 Å². The molecule has 37 heavy (non-hydrogen) atoms. The fraction of sp³-hybridized carbons (Fsp3) is 0.172. The maximum atomic E-state index is 13.4. The van der Waals surface area contributed by atoms with Gasteiger partial charge in [0.05, 0.1) is 35.4 Å². The summed E-state index contributed by atoms with van der Waals surface area (Å²) in [7, 11) is 1.62. The molecule has 6 nitrogen and oxygen atoms in total. The zero-order valence-electron chi connectivity index (χ0n) is 20.6. The number of aryl methyl sites for hydroxylation is 1. The molecule has 1 N–H and O–H groups in total. The topological polar surface area (TPSA) is 65.4 Å². The number of rotatable bonds is 8. The number of benzene rings is 3. The van der Waals surface area contributed by atoms with Crippen molar-refractivity contribution in [3.63, 3.8) is 0 Å². The van der Waals surface area contributed by atoms with Gasteiger partial charge in [0.2, 0.25) is 0 Å². The van der Waals surface area contributed by atoms with Crippen LogP contribution >= 0.6 is 11.3 Å². The number of fused-ring (bicyclic) bond motifs is 1. The van der Waals surface area contributed by atoms with Gasteiger partial charge >= 0.3 is 0 Å². The molecular formula is C29H26FN3O3S. The van der Waals surface area contributed by atoms with Gasteiger partial charge in [0.1, 0.15) is 23.4 Å². The van der Waals surface area contributed by atoms with Gasteiger partial charge in [-0.25, -0.2) is 9.07 Å². The van der Waals surface area contributed by atoms with Gasteiger partial charge in [0, 0.05) is 10.3 Å². The monoisotopic (exact) mass is 515 g/mol. The van der Waals surface area contributed by atoms with Crippen molar-refractivity contribution < 1.29 is 18.7 Å². The van der Waals surface area contributed by atoms with Gasteiger partial charge in [-0.2, -0.15) is 5.10 Å². The molecule has 188 valence electrons. The molecule has 0 aliphatic carbocycles. The molecule has 0 unspecified atom stereocenters. The lowest BCUT2D eigenvalue weighted by molar-refractivity contribution is 0.0886. The van der Waals surface area contributed by atoms with Crippen LogP contribution in [0.15, 0.2) is 85.1 Å². The second-order valence-corrected chi connectivity index (χ2v) is 10.0. The first-order valence-corrected chi connectivity index (χ1v) is 12.6. The SMILES string of the molecule is COc1cccc([C@H](Oc2ccc3c(cnn3-c3ccc(F)cc3)c2)[C@H](C)NC(=O)c2ccc(C)s2)c1. The van der Waals surface area contributed by atoms with Gasteiger partial charge < -0.3 is 14.8 Å². The van der Waals surface area contributed by atoms with E-state index >= 15 is 0 Å². The zero-order valence-corrected chi connectivity index (χ0v) is 21.5. The largest absolute Gasteiger partial charge is 0.497 e. The van der Waals surface area contributed by atoms with Crippen molar-refractivity contribution in [2.24, 2.45) is 0 Å². The standard InChI is InChI=1S/C29H26FN3O3S/c1-18-7-14-27(37-18)29(34)32-19(2)28(20-5-4-6-24(15-20)35-3)36-25-12-13-26-21(16-25)17-31-33(26)23-10-8-22(30)9-11-23/h4-17,19,28H,1-3H3,(H,32,34)/t19-,28+/m0/s1. The van der Waals surface area contributed by atoms with Crippen LogP contribution in [0.25, 0.3) is 16.6 Å². The Hall–Kier alpha value is -4.17. The third kappa shape index (κ3) is 5.34. The van der Waals surface area contributed by atoms with Crippen molar-refractivity contribution in [3.05, 3.63) is 106 Å². The second kappa shape index (κ2) is 10.4. The number of aromatic nitrogens is 2. The van der Waals surface area contributed by atoms with Crippen molar-refractivity contribution in [2.45, 2.75) is 26.0 Å². The molecule has 0 radical (unpaired) electrons. The Labute approximate surface area is 218 Å². The highest BCUT2D eigenvalue weighted by Gasteiger charge is 2.25. The Morgan fingerprint density at radius 3 is 2.57 bits per heavy atom. The number of ether oxygens (including phenoxy) is 2. The summed E-state index contributed by atoms with van der Waals surface area (Å²) in [6, 6.07) is 22.9. The van der Waals surface area contributed by atoms with E-state index in [1.165, 1.54) is 23.5 Å². The summed E-state index contributed by atoms with van der Waals surface area (Å²) >= 11 is 1.46. The summed E-state index contributed by atoms with van der Waals surface area (Å²) < 4.78 is 27.0. The van der Waals surface area contributed by atoms with E-state index < -0.39 is 6.10 Å². The average Bonchev–Trinajstić information content (AvgIpc) is 3.54. The van der Waals surface area contributed by atoms with E-state index in [2.05, 4.69) is 10.4 Å². The smallest absolute Gasteiger partial charge is 0.261 e. The van der Waals surface area contributed by atoms with Gasteiger partial charge in [-0.3, -0.25) is 4.79 Å². The van der Waals surface area contributed by atoms with E-state index in [9.17, 15) is 9.18 Å². The summed E-state index contributed by atoms with van der Waals surface area (Å²) in [5.74, 6) is 0.898. The molecule has 3 aromatic carbocycles. The minimum absolute atomic E-state index is 0.141. The summed E-state index contributed by atoms with van der Waals surface area (Å²) in [6.07, 6.45) is 1.26. The highest BCUT2D eigenvalue weighted by atomic mass is 32.1. The van der Waals surface area contributed by atoms with Gasteiger partial charge in [-0.05, 0) is 86.1 Å². The van der Waals surface area contributed by atoms with Crippen LogP contribution in [-0.2, 0) is 0 Å². The van der Waals surface area contributed by atoms with E-state index in [1.807, 2.05) is 68.4 Å². The number of hydrogen-bond acceptors (Lipinski definition) is 5. The number of nitrogens with one attached hydrogen (secondary N) is 1. The highest BCUT2D eigenvalue weighted by molar-refractivity contribution is 7.13. The summed E-state index contributed by atoms with van der Waals surface area (Å²) in [6.45, 7) is 3.90. The van der Waals surface area contributed by atoms with Gasteiger partial charge in [0.15, 0.2) is 0 Å². The molecular weight excluding hydrogens is 489 g/mol. The Bertz CT molecular complexity index is 1540. The van der Waals surface area contributed by atoms with Crippen LogP contribution < -0.4 is 14.8 Å². The van der Waals surface area contributed by atoms with Crippen LogP contribution in [0.2, 0.25) is 0 Å². The lowest BCUT2D eigenvalue weighted by Gasteiger charge is -2.27. The number of hydrogen-bond donors (Lipinski definition) is 1.